The van der Waals surface area contributed by atoms with E-state index in [0.29, 0.717) is 5.84 Å². The average Bonchev–Trinajstić information content (AvgIpc) is 1.89. The van der Waals surface area contributed by atoms with E-state index < -0.39 is 0 Å². The molecule has 6 heteroatoms. The van der Waals surface area contributed by atoms with E-state index in [4.69, 9.17) is 11.7 Å². The number of azo groups is 1. The smallest absolute Gasteiger partial charge is 0.167 e. The normalized spacial score (nSPS) is 13.7. The van der Waals surface area contributed by atoms with Gasteiger partial charge in [-0.15, -0.1) is 10.2 Å². The lowest BCUT2D eigenvalue weighted by Gasteiger charge is -1.79. The first-order valence-electron chi connectivity index (χ1n) is 2.18. The van der Waals surface area contributed by atoms with Crippen molar-refractivity contribution >= 4 is 12.2 Å². The molecule has 0 aliphatic rings. The fourth-order valence-electron chi connectivity index (χ4n) is 0.165. The summed E-state index contributed by atoms with van der Waals surface area (Å²) in [7, 11) is 0. The number of amidine groups is 1. The van der Waals surface area contributed by atoms with Gasteiger partial charge < -0.3 is 11.7 Å². The first-order chi connectivity index (χ1) is 4.31. The van der Waals surface area contributed by atoms with E-state index in [1.807, 2.05) is 0 Å². The number of rotatable bonds is 1. The number of hydrogen-bond donors (Lipinski definition) is 2. The van der Waals surface area contributed by atoms with Crippen molar-refractivity contribution in [2.75, 3.05) is 0 Å². The number of hydrogen-bond acceptors (Lipinski definition) is 4. The van der Waals surface area contributed by atoms with Gasteiger partial charge in [-0.05, 0) is 6.92 Å². The summed E-state index contributed by atoms with van der Waals surface area (Å²) in [4.78, 5) is 0. The molecule has 50 valence electrons. The minimum atomic E-state index is 0.370. The molecular weight excluding hydrogens is 120 g/mol. The monoisotopic (exact) mass is 128 g/mol. The third-order valence-electron chi connectivity index (χ3n) is 0.508. The molecule has 0 aromatic rings. The fraction of sp³-hybridized carbons (Fsp3) is 0.333. The molecule has 4 N–H and O–H groups in total. The molecule has 9 heavy (non-hydrogen) atoms. The average molecular weight is 128 g/mol. The maximum absolute atomic E-state index is 4.81. The molecule has 0 fully saturated rings. The molecule has 0 amide bonds. The standard InChI is InChI=1S/C3H8N6/c1-3(8-5)9-7-2-6-4/h2H,4-5H2,1H3/b6-2+,8-3+,9-7+. The first-order valence-corrected chi connectivity index (χ1v) is 2.18. The van der Waals surface area contributed by atoms with E-state index >= 15 is 0 Å². The highest BCUT2D eigenvalue weighted by Gasteiger charge is 1.77. The highest BCUT2D eigenvalue weighted by Crippen LogP contribution is 1.75. The van der Waals surface area contributed by atoms with Gasteiger partial charge in [0.25, 0.3) is 0 Å². The molecule has 0 aliphatic carbocycles. The van der Waals surface area contributed by atoms with Crippen LogP contribution in [0.25, 0.3) is 0 Å². The van der Waals surface area contributed by atoms with Gasteiger partial charge in [0.1, 0.15) is 0 Å². The molecule has 0 aromatic carbocycles. The summed E-state index contributed by atoms with van der Waals surface area (Å²) < 4.78 is 0. The molecule has 0 saturated heterocycles. The zero-order valence-electron chi connectivity index (χ0n) is 5.02. The predicted molar refractivity (Wildman–Crippen MR) is 34.8 cm³/mol. The summed E-state index contributed by atoms with van der Waals surface area (Å²) in [5.41, 5.74) is 0. The van der Waals surface area contributed by atoms with E-state index in [-0.39, 0.29) is 0 Å². The van der Waals surface area contributed by atoms with Crippen molar-refractivity contribution in [2.24, 2.45) is 32.1 Å². The Balaban J connectivity index is 3.71. The van der Waals surface area contributed by atoms with Crippen molar-refractivity contribution in [2.45, 2.75) is 6.92 Å². The molecule has 0 radical (unpaired) electrons. The summed E-state index contributed by atoms with van der Waals surface area (Å²) in [6.45, 7) is 1.61. The lowest BCUT2D eigenvalue weighted by atomic mass is 10.7. The van der Waals surface area contributed by atoms with Crippen molar-refractivity contribution in [3.63, 3.8) is 0 Å². The molecule has 0 bridgehead atoms. The molecule has 6 nitrogen and oxygen atoms in total. The maximum atomic E-state index is 4.81. The molecular formula is C3H8N6. The zero-order valence-corrected chi connectivity index (χ0v) is 5.02. The van der Waals surface area contributed by atoms with Crippen LogP contribution in [-0.4, -0.2) is 12.2 Å². The van der Waals surface area contributed by atoms with Crippen LogP contribution in [0.2, 0.25) is 0 Å². The van der Waals surface area contributed by atoms with Gasteiger partial charge in [-0.2, -0.15) is 10.2 Å². The van der Waals surface area contributed by atoms with E-state index in [9.17, 15) is 0 Å². The van der Waals surface area contributed by atoms with Crippen LogP contribution < -0.4 is 11.7 Å². The van der Waals surface area contributed by atoms with Gasteiger partial charge in [-0.3, -0.25) is 0 Å². The van der Waals surface area contributed by atoms with Crippen LogP contribution in [0.3, 0.4) is 0 Å². The van der Waals surface area contributed by atoms with Crippen LogP contribution >= 0.6 is 0 Å². The van der Waals surface area contributed by atoms with E-state index in [1.165, 1.54) is 0 Å². The maximum Gasteiger partial charge on any atom is 0.167 e. The molecule has 0 aliphatic heterocycles. The Labute approximate surface area is 52.3 Å². The van der Waals surface area contributed by atoms with Crippen molar-refractivity contribution in [3.8, 4) is 0 Å². The second-order valence-electron chi connectivity index (χ2n) is 1.16. The largest absolute Gasteiger partial charge is 0.322 e. The van der Waals surface area contributed by atoms with Crippen molar-refractivity contribution in [1.82, 2.24) is 0 Å². The Bertz CT molecular complexity index is 144. The van der Waals surface area contributed by atoms with Crippen LogP contribution in [0, 0.1) is 0 Å². The van der Waals surface area contributed by atoms with Gasteiger partial charge >= 0.3 is 0 Å². The highest BCUT2D eigenvalue weighted by molar-refractivity contribution is 5.80. The van der Waals surface area contributed by atoms with Crippen LogP contribution in [-0.2, 0) is 0 Å². The first kappa shape index (κ1) is 7.54. The summed E-state index contributed by atoms with van der Waals surface area (Å²) in [5, 5.41) is 13.1. The molecule has 0 saturated carbocycles. The number of nitrogens with zero attached hydrogens (tertiary/aromatic N) is 4. The van der Waals surface area contributed by atoms with Crippen LogP contribution in [0.1, 0.15) is 6.92 Å². The van der Waals surface area contributed by atoms with Gasteiger partial charge in [0, 0.05) is 0 Å². The second-order valence-corrected chi connectivity index (χ2v) is 1.16. The summed E-state index contributed by atoms with van der Waals surface area (Å²) in [6, 6.07) is 0. The van der Waals surface area contributed by atoms with E-state index in [0.717, 1.165) is 6.34 Å². The zero-order chi connectivity index (χ0) is 7.11. The molecule has 0 spiro atoms. The van der Waals surface area contributed by atoms with E-state index in [1.54, 1.807) is 6.92 Å². The van der Waals surface area contributed by atoms with Crippen LogP contribution in [0.4, 0.5) is 0 Å². The number of hydrazone groups is 2. The third kappa shape index (κ3) is 4.39. The van der Waals surface area contributed by atoms with Crippen molar-refractivity contribution in [1.29, 1.82) is 0 Å². The predicted octanol–water partition coefficient (Wildman–Crippen LogP) is -0.367. The molecule has 0 unspecified atom stereocenters. The topological polar surface area (TPSA) is 101 Å². The van der Waals surface area contributed by atoms with Crippen LogP contribution in [0.5, 0.6) is 0 Å². The minimum Gasteiger partial charge on any atom is -0.322 e. The second kappa shape index (κ2) is 4.69. The Morgan fingerprint density at radius 1 is 1.44 bits per heavy atom. The van der Waals surface area contributed by atoms with Crippen LogP contribution in [0.15, 0.2) is 20.4 Å². The van der Waals surface area contributed by atoms with Gasteiger partial charge in [-0.1, -0.05) is 0 Å². The summed E-state index contributed by atoms with van der Waals surface area (Å²) >= 11 is 0. The fourth-order valence-corrected chi connectivity index (χ4v) is 0.165. The number of nitrogens with two attached hydrogens (primary N) is 2. The summed E-state index contributed by atoms with van der Waals surface area (Å²) in [5.74, 6) is 9.88. The summed E-state index contributed by atoms with van der Waals surface area (Å²) in [6.07, 6.45) is 1.09. The van der Waals surface area contributed by atoms with Gasteiger partial charge in [-0.25, -0.2) is 0 Å². The Morgan fingerprint density at radius 3 is 2.56 bits per heavy atom. The molecule has 0 atom stereocenters. The minimum absolute atomic E-state index is 0.370. The SMILES string of the molecule is CC(/N=N/C=N/N)=N\N. The van der Waals surface area contributed by atoms with Gasteiger partial charge in [0.15, 0.2) is 12.2 Å². The van der Waals surface area contributed by atoms with Crippen molar-refractivity contribution < 1.29 is 0 Å². The van der Waals surface area contributed by atoms with Gasteiger partial charge in [0.05, 0.1) is 0 Å². The van der Waals surface area contributed by atoms with E-state index in [2.05, 4.69) is 20.4 Å². The highest BCUT2D eigenvalue weighted by atomic mass is 15.2. The lowest BCUT2D eigenvalue weighted by Crippen LogP contribution is -1.90. The quantitative estimate of drug-likeness (QED) is 0.165. The molecule has 0 heterocycles. The Kier molecular flexibility index (Phi) is 3.93. The Morgan fingerprint density at radius 2 is 2.11 bits per heavy atom. The molecule has 0 aromatic heterocycles. The Hall–Kier alpha value is -1.46. The lowest BCUT2D eigenvalue weighted by molar-refractivity contribution is 1.18. The van der Waals surface area contributed by atoms with Gasteiger partial charge in [0.2, 0.25) is 0 Å². The molecule has 0 rings (SSSR count). The third-order valence-corrected chi connectivity index (χ3v) is 0.508. The van der Waals surface area contributed by atoms with Crippen molar-refractivity contribution in [3.05, 3.63) is 0 Å².